The van der Waals surface area contributed by atoms with Gasteiger partial charge in [0.2, 0.25) is 0 Å². The summed E-state index contributed by atoms with van der Waals surface area (Å²) in [7, 11) is 0. The van der Waals surface area contributed by atoms with E-state index >= 15 is 0 Å². The lowest BCUT2D eigenvalue weighted by Gasteiger charge is -2.26. The van der Waals surface area contributed by atoms with Crippen molar-refractivity contribution < 1.29 is 9.21 Å². The number of nitriles is 1. The van der Waals surface area contributed by atoms with Crippen LogP contribution in [0.1, 0.15) is 25.0 Å². The zero-order valence-electron chi connectivity index (χ0n) is 13.5. The van der Waals surface area contributed by atoms with Gasteiger partial charge in [-0.25, -0.2) is 0 Å². The van der Waals surface area contributed by atoms with Crippen LogP contribution >= 0.6 is 23.2 Å². The molecule has 0 bridgehead atoms. The molecule has 0 spiro atoms. The van der Waals surface area contributed by atoms with E-state index in [1.54, 1.807) is 35.2 Å². The van der Waals surface area contributed by atoms with E-state index in [9.17, 15) is 10.1 Å². The van der Waals surface area contributed by atoms with Crippen LogP contribution in [-0.2, 0) is 4.79 Å². The molecule has 128 valence electrons. The number of likely N-dealkylation sites (tertiary alicyclic amines) is 1. The second kappa shape index (κ2) is 7.77. The Labute approximate surface area is 156 Å². The fourth-order valence-electron chi connectivity index (χ4n) is 2.79. The van der Waals surface area contributed by atoms with Crippen LogP contribution in [0.2, 0.25) is 10.0 Å². The number of hydrogen-bond acceptors (Lipinski definition) is 3. The molecular formula is C19H16Cl2N2O2. The molecule has 2 aromatic rings. The Balaban J connectivity index is 1.82. The lowest BCUT2D eigenvalue weighted by molar-refractivity contribution is -0.127. The summed E-state index contributed by atoms with van der Waals surface area (Å²) >= 11 is 11.9. The van der Waals surface area contributed by atoms with Crippen molar-refractivity contribution in [2.45, 2.75) is 19.3 Å². The van der Waals surface area contributed by atoms with Crippen LogP contribution in [0.15, 0.2) is 40.3 Å². The van der Waals surface area contributed by atoms with E-state index in [1.165, 1.54) is 6.08 Å². The van der Waals surface area contributed by atoms with Gasteiger partial charge in [0.1, 0.15) is 23.2 Å². The first-order chi connectivity index (χ1) is 12.1. The molecule has 1 aliphatic heterocycles. The number of rotatable bonds is 3. The summed E-state index contributed by atoms with van der Waals surface area (Å²) in [5.74, 6) is 0.796. The van der Waals surface area contributed by atoms with E-state index in [1.807, 2.05) is 6.07 Å². The average molecular weight is 375 g/mol. The number of carbonyl (C=O) groups is 1. The molecule has 1 saturated heterocycles. The third kappa shape index (κ3) is 4.07. The lowest BCUT2D eigenvalue weighted by Crippen LogP contribution is -2.36. The number of benzene rings is 1. The molecule has 0 atom stereocenters. The highest BCUT2D eigenvalue weighted by Crippen LogP contribution is 2.30. The number of amides is 1. The number of nitrogens with zero attached hydrogens (tertiary/aromatic N) is 2. The molecule has 1 aromatic heterocycles. The molecule has 1 fully saturated rings. The minimum absolute atomic E-state index is 0.0805. The maximum absolute atomic E-state index is 12.5. The average Bonchev–Trinajstić information content (AvgIpc) is 3.11. The van der Waals surface area contributed by atoms with Crippen molar-refractivity contribution in [1.29, 1.82) is 5.26 Å². The topological polar surface area (TPSA) is 57.2 Å². The van der Waals surface area contributed by atoms with Crippen molar-refractivity contribution in [2.24, 2.45) is 0 Å². The zero-order valence-corrected chi connectivity index (χ0v) is 15.0. The lowest BCUT2D eigenvalue weighted by atomic mass is 10.1. The molecule has 2 heterocycles. The van der Waals surface area contributed by atoms with Crippen molar-refractivity contribution in [3.63, 3.8) is 0 Å². The molecule has 1 aliphatic rings. The fourth-order valence-corrected chi connectivity index (χ4v) is 3.08. The highest BCUT2D eigenvalue weighted by molar-refractivity contribution is 6.42. The van der Waals surface area contributed by atoms with Gasteiger partial charge >= 0.3 is 0 Å². The summed E-state index contributed by atoms with van der Waals surface area (Å²) < 4.78 is 5.73. The molecule has 0 saturated carbocycles. The van der Waals surface area contributed by atoms with Crippen LogP contribution in [0.25, 0.3) is 17.4 Å². The molecular weight excluding hydrogens is 359 g/mol. The third-order valence-corrected chi connectivity index (χ3v) is 4.85. The van der Waals surface area contributed by atoms with Crippen molar-refractivity contribution in [3.8, 4) is 17.4 Å². The quantitative estimate of drug-likeness (QED) is 0.549. The fraction of sp³-hybridized carbons (Fsp3) is 0.263. The van der Waals surface area contributed by atoms with Crippen LogP contribution < -0.4 is 0 Å². The van der Waals surface area contributed by atoms with Crippen LogP contribution in [0.3, 0.4) is 0 Å². The van der Waals surface area contributed by atoms with Gasteiger partial charge in [-0.3, -0.25) is 4.79 Å². The second-order valence-electron chi connectivity index (χ2n) is 5.85. The monoisotopic (exact) mass is 374 g/mol. The normalized spacial score (nSPS) is 15.1. The Morgan fingerprint density at radius 1 is 1.12 bits per heavy atom. The summed E-state index contributed by atoms with van der Waals surface area (Å²) in [6.07, 6.45) is 4.57. The summed E-state index contributed by atoms with van der Waals surface area (Å²) in [4.78, 5) is 14.2. The van der Waals surface area contributed by atoms with Crippen molar-refractivity contribution >= 4 is 35.2 Å². The van der Waals surface area contributed by atoms with Gasteiger partial charge in [-0.1, -0.05) is 23.2 Å². The van der Waals surface area contributed by atoms with Gasteiger partial charge in [-0.05, 0) is 49.6 Å². The zero-order chi connectivity index (χ0) is 17.8. The third-order valence-electron chi connectivity index (χ3n) is 4.11. The van der Waals surface area contributed by atoms with Gasteiger partial charge in [0.25, 0.3) is 5.91 Å². The molecule has 1 aromatic carbocycles. The van der Waals surface area contributed by atoms with Crippen LogP contribution in [0.5, 0.6) is 0 Å². The summed E-state index contributed by atoms with van der Waals surface area (Å²) in [5.41, 5.74) is 0.854. The smallest absolute Gasteiger partial charge is 0.264 e. The molecule has 6 heteroatoms. The van der Waals surface area contributed by atoms with E-state index in [-0.39, 0.29) is 11.5 Å². The summed E-state index contributed by atoms with van der Waals surface area (Å²) in [6.45, 7) is 1.40. The number of furan rings is 1. The first-order valence-electron chi connectivity index (χ1n) is 8.05. The van der Waals surface area contributed by atoms with E-state index in [4.69, 9.17) is 27.6 Å². The van der Waals surface area contributed by atoms with E-state index in [0.29, 0.717) is 34.7 Å². The molecule has 0 N–H and O–H groups in total. The van der Waals surface area contributed by atoms with Crippen LogP contribution in [0, 0.1) is 11.3 Å². The Kier molecular flexibility index (Phi) is 5.47. The molecule has 3 rings (SSSR count). The van der Waals surface area contributed by atoms with Gasteiger partial charge in [-0.2, -0.15) is 5.26 Å². The molecule has 1 amide bonds. The highest BCUT2D eigenvalue weighted by atomic mass is 35.5. The number of hydrogen-bond donors (Lipinski definition) is 0. The van der Waals surface area contributed by atoms with Gasteiger partial charge in [0.15, 0.2) is 0 Å². The van der Waals surface area contributed by atoms with Gasteiger partial charge in [0, 0.05) is 24.7 Å². The number of halogens is 2. The predicted octanol–water partition coefficient (Wildman–Crippen LogP) is 5.17. The van der Waals surface area contributed by atoms with Gasteiger partial charge < -0.3 is 9.32 Å². The first kappa shape index (κ1) is 17.6. The SMILES string of the molecule is N#C/C(=C/c1ccc(-c2ccc(Cl)c(Cl)c2)o1)C(=O)N1CCCCC1. The van der Waals surface area contributed by atoms with Crippen LogP contribution in [0.4, 0.5) is 0 Å². The number of piperidine rings is 1. The van der Waals surface area contributed by atoms with Gasteiger partial charge in [-0.15, -0.1) is 0 Å². The molecule has 0 radical (unpaired) electrons. The Morgan fingerprint density at radius 3 is 2.56 bits per heavy atom. The second-order valence-corrected chi connectivity index (χ2v) is 6.67. The first-order valence-corrected chi connectivity index (χ1v) is 8.80. The maximum atomic E-state index is 12.5. The largest absolute Gasteiger partial charge is 0.457 e. The molecule has 0 unspecified atom stereocenters. The minimum atomic E-state index is -0.241. The Hall–Kier alpha value is -2.22. The van der Waals surface area contributed by atoms with Gasteiger partial charge in [0.05, 0.1) is 10.0 Å². The van der Waals surface area contributed by atoms with Crippen LogP contribution in [-0.4, -0.2) is 23.9 Å². The maximum Gasteiger partial charge on any atom is 0.264 e. The van der Waals surface area contributed by atoms with E-state index < -0.39 is 0 Å². The predicted molar refractivity (Wildman–Crippen MR) is 98.2 cm³/mol. The highest BCUT2D eigenvalue weighted by Gasteiger charge is 2.20. The standard InChI is InChI=1S/C19H16Cl2N2O2/c20-16-6-4-13(11-17(16)21)18-7-5-15(25-18)10-14(12-22)19(24)23-8-2-1-3-9-23/h4-7,10-11H,1-3,8-9H2/b14-10-. The van der Waals surface area contributed by atoms with E-state index in [2.05, 4.69) is 0 Å². The molecule has 0 aliphatic carbocycles. The Bertz CT molecular complexity index is 859. The van der Waals surface area contributed by atoms with Crippen molar-refractivity contribution in [2.75, 3.05) is 13.1 Å². The number of carbonyl (C=O) groups excluding carboxylic acids is 1. The Morgan fingerprint density at radius 2 is 1.88 bits per heavy atom. The van der Waals surface area contributed by atoms with Crippen molar-refractivity contribution in [1.82, 2.24) is 4.90 Å². The van der Waals surface area contributed by atoms with E-state index in [0.717, 1.165) is 24.8 Å². The molecule has 25 heavy (non-hydrogen) atoms. The van der Waals surface area contributed by atoms with Crippen molar-refractivity contribution in [3.05, 3.63) is 51.7 Å². The summed E-state index contributed by atoms with van der Waals surface area (Å²) in [6, 6.07) is 10.7. The summed E-state index contributed by atoms with van der Waals surface area (Å²) in [5, 5.41) is 10.2. The minimum Gasteiger partial charge on any atom is -0.457 e. The molecule has 4 nitrogen and oxygen atoms in total.